The van der Waals surface area contributed by atoms with Gasteiger partial charge in [-0.15, -0.1) is 0 Å². The van der Waals surface area contributed by atoms with Crippen molar-refractivity contribution in [2.45, 2.75) is 44.6 Å². The molecule has 1 aromatic carbocycles. The van der Waals surface area contributed by atoms with Gasteiger partial charge in [0.05, 0.1) is 6.10 Å². The molecule has 1 saturated carbocycles. The lowest BCUT2D eigenvalue weighted by atomic mass is 10.1. The fourth-order valence-electron chi connectivity index (χ4n) is 2.82. The van der Waals surface area contributed by atoms with Gasteiger partial charge in [0.2, 0.25) is 0 Å². The first-order chi connectivity index (χ1) is 9.78. The Bertz CT molecular complexity index is 555. The Morgan fingerprint density at radius 1 is 1.20 bits per heavy atom. The first-order valence-electron chi connectivity index (χ1n) is 7.33. The van der Waals surface area contributed by atoms with E-state index in [0.717, 1.165) is 17.2 Å². The van der Waals surface area contributed by atoms with Crippen molar-refractivity contribution in [3.63, 3.8) is 0 Å². The first kappa shape index (κ1) is 13.3. The second-order valence-corrected chi connectivity index (χ2v) is 5.53. The fourth-order valence-corrected chi connectivity index (χ4v) is 2.82. The number of aromatic amines is 1. The van der Waals surface area contributed by atoms with E-state index in [1.165, 1.54) is 31.2 Å². The van der Waals surface area contributed by atoms with Crippen molar-refractivity contribution in [2.24, 2.45) is 0 Å². The molecule has 1 atom stereocenters. The van der Waals surface area contributed by atoms with Crippen LogP contribution in [0.5, 0.6) is 0 Å². The Morgan fingerprint density at radius 3 is 2.55 bits per heavy atom. The largest absolute Gasteiger partial charge is 0.377 e. The van der Waals surface area contributed by atoms with E-state index in [0.29, 0.717) is 5.92 Å². The van der Waals surface area contributed by atoms with Crippen molar-refractivity contribution in [2.75, 3.05) is 7.11 Å². The van der Waals surface area contributed by atoms with E-state index in [4.69, 9.17) is 4.74 Å². The van der Waals surface area contributed by atoms with Gasteiger partial charge in [-0.05, 0) is 25.3 Å². The van der Waals surface area contributed by atoms with Crippen molar-refractivity contribution in [3.8, 4) is 11.4 Å². The molecule has 0 unspecified atom stereocenters. The number of nitrogens with one attached hydrogen (secondary N) is 1. The van der Waals surface area contributed by atoms with Crippen molar-refractivity contribution in [1.82, 2.24) is 15.2 Å². The Morgan fingerprint density at radius 2 is 1.90 bits per heavy atom. The molecule has 0 spiro atoms. The minimum atomic E-state index is 0.116. The van der Waals surface area contributed by atoms with Crippen LogP contribution < -0.4 is 0 Å². The highest BCUT2D eigenvalue weighted by Crippen LogP contribution is 2.32. The molecule has 0 radical (unpaired) electrons. The average molecular weight is 271 g/mol. The molecular weight excluding hydrogens is 250 g/mol. The van der Waals surface area contributed by atoms with Gasteiger partial charge in [-0.25, -0.2) is 4.98 Å². The summed E-state index contributed by atoms with van der Waals surface area (Å²) < 4.78 is 5.32. The summed E-state index contributed by atoms with van der Waals surface area (Å²) in [5, 5.41) is 7.47. The smallest absolute Gasteiger partial charge is 0.181 e. The predicted molar refractivity (Wildman–Crippen MR) is 78.5 cm³/mol. The van der Waals surface area contributed by atoms with E-state index >= 15 is 0 Å². The molecule has 3 rings (SSSR count). The van der Waals surface area contributed by atoms with Crippen LogP contribution in [0.25, 0.3) is 11.4 Å². The molecule has 0 amide bonds. The van der Waals surface area contributed by atoms with Crippen LogP contribution in [0.15, 0.2) is 24.3 Å². The summed E-state index contributed by atoms with van der Waals surface area (Å²) in [5.74, 6) is 2.42. The van der Waals surface area contributed by atoms with E-state index in [9.17, 15) is 0 Å². The van der Waals surface area contributed by atoms with Crippen LogP contribution in [0, 0.1) is 0 Å². The molecular formula is C16H21N3O. The van der Waals surface area contributed by atoms with E-state index in [-0.39, 0.29) is 6.10 Å². The molecule has 1 N–H and O–H groups in total. The third-order valence-electron chi connectivity index (χ3n) is 4.24. The van der Waals surface area contributed by atoms with Gasteiger partial charge in [0.25, 0.3) is 0 Å². The minimum absolute atomic E-state index is 0.116. The maximum Gasteiger partial charge on any atom is 0.181 e. The highest BCUT2D eigenvalue weighted by molar-refractivity contribution is 5.55. The highest BCUT2D eigenvalue weighted by atomic mass is 16.5. The Labute approximate surface area is 119 Å². The van der Waals surface area contributed by atoms with E-state index in [1.807, 2.05) is 6.92 Å². The quantitative estimate of drug-likeness (QED) is 0.919. The molecule has 1 heterocycles. The van der Waals surface area contributed by atoms with Crippen molar-refractivity contribution in [3.05, 3.63) is 35.7 Å². The van der Waals surface area contributed by atoms with Crippen molar-refractivity contribution >= 4 is 0 Å². The topological polar surface area (TPSA) is 50.8 Å². The van der Waals surface area contributed by atoms with Crippen LogP contribution in [-0.4, -0.2) is 22.3 Å². The lowest BCUT2D eigenvalue weighted by molar-refractivity contribution is 0.119. The number of methoxy groups -OCH3 is 1. The number of hydrogen-bond acceptors (Lipinski definition) is 3. The molecule has 4 nitrogen and oxygen atoms in total. The third kappa shape index (κ3) is 2.61. The average Bonchev–Trinajstić information content (AvgIpc) is 3.17. The molecule has 1 aliphatic rings. The summed E-state index contributed by atoms with van der Waals surface area (Å²) in [7, 11) is 1.72. The van der Waals surface area contributed by atoms with Gasteiger partial charge in [-0.3, -0.25) is 5.10 Å². The maximum atomic E-state index is 5.32. The lowest BCUT2D eigenvalue weighted by Crippen LogP contribution is -1.95. The van der Waals surface area contributed by atoms with Gasteiger partial charge in [0.15, 0.2) is 5.82 Å². The number of ether oxygens (including phenoxy) is 1. The minimum Gasteiger partial charge on any atom is -0.377 e. The second-order valence-electron chi connectivity index (χ2n) is 5.53. The standard InChI is InChI=1S/C16H21N3O/c1-11(20-2)12-7-9-14(10-8-12)16-17-15(18-19-16)13-5-3-4-6-13/h7-11,13H,3-6H2,1-2H3,(H,17,18,19)/t11-/m1/s1. The first-order valence-corrected chi connectivity index (χ1v) is 7.33. The molecule has 106 valence electrons. The van der Waals surface area contributed by atoms with Crippen LogP contribution in [0.1, 0.15) is 56.0 Å². The number of benzene rings is 1. The molecule has 20 heavy (non-hydrogen) atoms. The zero-order valence-electron chi connectivity index (χ0n) is 12.1. The summed E-state index contributed by atoms with van der Waals surface area (Å²) in [4.78, 5) is 4.66. The molecule has 0 bridgehead atoms. The van der Waals surface area contributed by atoms with Gasteiger partial charge in [-0.1, -0.05) is 37.1 Å². The van der Waals surface area contributed by atoms with E-state index < -0.39 is 0 Å². The molecule has 0 aliphatic heterocycles. The fraction of sp³-hybridized carbons (Fsp3) is 0.500. The summed E-state index contributed by atoms with van der Waals surface area (Å²) in [5.41, 5.74) is 2.22. The predicted octanol–water partition coefficient (Wildman–Crippen LogP) is 3.84. The number of nitrogens with zero attached hydrogens (tertiary/aromatic N) is 2. The van der Waals surface area contributed by atoms with Crippen LogP contribution >= 0.6 is 0 Å². The lowest BCUT2D eigenvalue weighted by Gasteiger charge is -2.09. The molecule has 1 fully saturated rings. The Hall–Kier alpha value is -1.68. The van der Waals surface area contributed by atoms with Gasteiger partial charge in [0.1, 0.15) is 5.82 Å². The van der Waals surface area contributed by atoms with Gasteiger partial charge < -0.3 is 4.74 Å². The molecule has 1 aromatic heterocycles. The molecule has 4 heteroatoms. The van der Waals surface area contributed by atoms with Crippen LogP contribution in [0.2, 0.25) is 0 Å². The number of rotatable bonds is 4. The van der Waals surface area contributed by atoms with Gasteiger partial charge >= 0.3 is 0 Å². The Balaban J connectivity index is 1.78. The number of hydrogen-bond donors (Lipinski definition) is 1. The third-order valence-corrected chi connectivity index (χ3v) is 4.24. The zero-order chi connectivity index (χ0) is 13.9. The van der Waals surface area contributed by atoms with Crippen LogP contribution in [0.4, 0.5) is 0 Å². The van der Waals surface area contributed by atoms with Crippen LogP contribution in [-0.2, 0) is 4.74 Å². The second kappa shape index (κ2) is 5.75. The van der Waals surface area contributed by atoms with E-state index in [1.54, 1.807) is 7.11 Å². The SMILES string of the molecule is CO[C@H](C)c1ccc(-c2n[nH]c(C3CCCC3)n2)cc1. The summed E-state index contributed by atoms with van der Waals surface area (Å²) >= 11 is 0. The maximum absolute atomic E-state index is 5.32. The normalized spacial score (nSPS) is 17.5. The van der Waals surface area contributed by atoms with E-state index in [2.05, 4.69) is 39.4 Å². The monoisotopic (exact) mass is 271 g/mol. The molecule has 1 aliphatic carbocycles. The Kier molecular flexibility index (Phi) is 3.83. The van der Waals surface area contributed by atoms with Gasteiger partial charge in [0, 0.05) is 18.6 Å². The molecule has 0 saturated heterocycles. The summed E-state index contributed by atoms with van der Waals surface area (Å²) in [6.07, 6.45) is 5.21. The van der Waals surface area contributed by atoms with Crippen LogP contribution in [0.3, 0.4) is 0 Å². The zero-order valence-corrected chi connectivity index (χ0v) is 12.1. The highest BCUT2D eigenvalue weighted by Gasteiger charge is 2.20. The number of H-pyrrole nitrogens is 1. The van der Waals surface area contributed by atoms with Crippen molar-refractivity contribution in [1.29, 1.82) is 0 Å². The number of aromatic nitrogens is 3. The van der Waals surface area contributed by atoms with Crippen molar-refractivity contribution < 1.29 is 4.74 Å². The molecule has 2 aromatic rings. The summed E-state index contributed by atoms with van der Waals surface area (Å²) in [6.45, 7) is 2.04. The van der Waals surface area contributed by atoms with Gasteiger partial charge in [-0.2, -0.15) is 5.10 Å². The summed E-state index contributed by atoms with van der Waals surface area (Å²) in [6, 6.07) is 8.28.